The van der Waals surface area contributed by atoms with E-state index in [4.69, 9.17) is 10.5 Å². The van der Waals surface area contributed by atoms with Gasteiger partial charge in [0.25, 0.3) is 0 Å². The van der Waals surface area contributed by atoms with Crippen LogP contribution in [0.5, 0.6) is 0 Å². The van der Waals surface area contributed by atoms with E-state index >= 15 is 0 Å². The van der Waals surface area contributed by atoms with Gasteiger partial charge in [0.2, 0.25) is 0 Å². The summed E-state index contributed by atoms with van der Waals surface area (Å²) in [5.74, 6) is -0.517. The molecule has 1 aliphatic carbocycles. The number of rotatable bonds is 8. The number of anilines is 1. The Morgan fingerprint density at radius 3 is 2.64 bits per heavy atom. The molecule has 174 valence electrons. The van der Waals surface area contributed by atoms with Crippen LogP contribution < -0.4 is 16.4 Å². The van der Waals surface area contributed by atoms with Gasteiger partial charge in [0.15, 0.2) is 11.5 Å². The number of benzene rings is 1. The number of nitrogens with one attached hydrogen (secondary N) is 2. The lowest BCUT2D eigenvalue weighted by molar-refractivity contribution is -0.138. The van der Waals surface area contributed by atoms with E-state index in [2.05, 4.69) is 25.6 Å². The standard InChI is InChI=1S/C22H27N7O4/c23-15-6-8-16(9-7-15)27-20-19-21(25-12-24-20)29(13-26-19)17(10-18(30)31)28-22(32)33-11-14-4-2-1-3-5-14/h1-5,12-13,15-17H,6-11,23H2,(H,28,32)(H,30,31)(H,24,25,27). The van der Waals surface area contributed by atoms with E-state index in [-0.39, 0.29) is 25.1 Å². The predicted molar refractivity (Wildman–Crippen MR) is 120 cm³/mol. The minimum absolute atomic E-state index is 0.0679. The molecule has 11 heteroatoms. The van der Waals surface area contributed by atoms with Gasteiger partial charge in [0.1, 0.15) is 24.6 Å². The molecule has 4 rings (SSSR count). The molecule has 11 nitrogen and oxygen atoms in total. The second-order valence-electron chi connectivity index (χ2n) is 8.12. The van der Waals surface area contributed by atoms with Gasteiger partial charge in [-0.05, 0) is 31.2 Å². The smallest absolute Gasteiger partial charge is 0.409 e. The number of aliphatic carboxylic acids is 1. The first-order valence-electron chi connectivity index (χ1n) is 10.9. The van der Waals surface area contributed by atoms with Crippen LogP contribution in [0.4, 0.5) is 10.6 Å². The Balaban J connectivity index is 1.49. The van der Waals surface area contributed by atoms with Crippen LogP contribution in [0.25, 0.3) is 11.2 Å². The summed E-state index contributed by atoms with van der Waals surface area (Å²) in [7, 11) is 0. The molecule has 0 bridgehead atoms. The fourth-order valence-electron chi connectivity index (χ4n) is 3.93. The molecule has 3 aromatic rings. The molecule has 1 aromatic carbocycles. The molecule has 0 spiro atoms. The average molecular weight is 454 g/mol. The molecule has 0 saturated heterocycles. The number of aromatic nitrogens is 4. The number of carboxylic acid groups (broad SMARTS) is 1. The first-order valence-corrected chi connectivity index (χ1v) is 10.9. The lowest BCUT2D eigenvalue weighted by atomic mass is 9.92. The number of fused-ring (bicyclic) bond motifs is 1. The number of carbonyl (C=O) groups is 2. The van der Waals surface area contributed by atoms with Gasteiger partial charge < -0.3 is 26.2 Å². The van der Waals surface area contributed by atoms with E-state index in [1.807, 2.05) is 30.3 Å². The van der Waals surface area contributed by atoms with Crippen molar-refractivity contribution in [3.8, 4) is 0 Å². The van der Waals surface area contributed by atoms with Crippen LogP contribution in [-0.4, -0.2) is 48.8 Å². The Morgan fingerprint density at radius 2 is 1.91 bits per heavy atom. The maximum absolute atomic E-state index is 12.4. The second kappa shape index (κ2) is 10.3. The monoisotopic (exact) mass is 453 g/mol. The third-order valence-electron chi connectivity index (χ3n) is 5.67. The molecule has 33 heavy (non-hydrogen) atoms. The minimum Gasteiger partial charge on any atom is -0.481 e. The summed E-state index contributed by atoms with van der Waals surface area (Å²) in [5.41, 5.74) is 7.73. The van der Waals surface area contributed by atoms with Gasteiger partial charge in [0.05, 0.1) is 12.7 Å². The van der Waals surface area contributed by atoms with Crippen LogP contribution in [0.15, 0.2) is 43.0 Å². The molecule has 2 heterocycles. The van der Waals surface area contributed by atoms with Crippen molar-refractivity contribution in [2.45, 2.75) is 57.0 Å². The lowest BCUT2D eigenvalue weighted by Gasteiger charge is -2.27. The second-order valence-corrected chi connectivity index (χ2v) is 8.12. The summed E-state index contributed by atoms with van der Waals surface area (Å²) in [4.78, 5) is 36.9. The Bertz CT molecular complexity index is 1100. The molecule has 1 unspecified atom stereocenters. The number of hydrogen-bond acceptors (Lipinski definition) is 8. The van der Waals surface area contributed by atoms with E-state index in [9.17, 15) is 14.7 Å². The van der Waals surface area contributed by atoms with Crippen molar-refractivity contribution in [2.24, 2.45) is 5.73 Å². The first-order chi connectivity index (χ1) is 16.0. The highest BCUT2D eigenvalue weighted by Gasteiger charge is 2.24. The van der Waals surface area contributed by atoms with Crippen LogP contribution in [0, 0.1) is 0 Å². The van der Waals surface area contributed by atoms with E-state index in [1.54, 1.807) is 0 Å². The Hall–Kier alpha value is -3.73. The molecular formula is C22H27N7O4. The van der Waals surface area contributed by atoms with Gasteiger partial charge >= 0.3 is 12.1 Å². The van der Waals surface area contributed by atoms with E-state index in [0.717, 1.165) is 31.2 Å². The lowest BCUT2D eigenvalue weighted by Crippen LogP contribution is -2.34. The molecule has 0 radical (unpaired) electrons. The molecule has 1 amide bonds. The van der Waals surface area contributed by atoms with Crippen molar-refractivity contribution in [1.29, 1.82) is 0 Å². The topological polar surface area (TPSA) is 157 Å². The van der Waals surface area contributed by atoms with Gasteiger partial charge in [-0.15, -0.1) is 0 Å². The first kappa shape index (κ1) is 22.5. The minimum atomic E-state index is -1.09. The molecule has 1 fully saturated rings. The van der Waals surface area contributed by atoms with Gasteiger partial charge in [-0.25, -0.2) is 19.7 Å². The van der Waals surface area contributed by atoms with Gasteiger partial charge in [0, 0.05) is 12.1 Å². The fraction of sp³-hybridized carbons (Fsp3) is 0.409. The molecule has 2 aromatic heterocycles. The predicted octanol–water partition coefficient (Wildman–Crippen LogP) is 2.41. The molecule has 1 aliphatic rings. The number of nitrogens with zero attached hydrogens (tertiary/aromatic N) is 4. The number of carbonyl (C=O) groups excluding carboxylic acids is 1. The Morgan fingerprint density at radius 1 is 1.15 bits per heavy atom. The zero-order valence-electron chi connectivity index (χ0n) is 18.1. The van der Waals surface area contributed by atoms with Crippen molar-refractivity contribution >= 4 is 29.0 Å². The highest BCUT2D eigenvalue weighted by atomic mass is 16.5. The normalized spacial score (nSPS) is 19.1. The van der Waals surface area contributed by atoms with Crippen LogP contribution in [0.3, 0.4) is 0 Å². The van der Waals surface area contributed by atoms with E-state index < -0.39 is 18.2 Å². The average Bonchev–Trinajstić information content (AvgIpc) is 3.24. The number of alkyl carbamates (subject to hydrolysis) is 1. The quantitative estimate of drug-likeness (QED) is 0.402. The van der Waals surface area contributed by atoms with E-state index in [1.165, 1.54) is 17.2 Å². The zero-order chi connectivity index (χ0) is 23.2. The largest absolute Gasteiger partial charge is 0.481 e. The summed E-state index contributed by atoms with van der Waals surface area (Å²) >= 11 is 0. The highest BCUT2D eigenvalue weighted by molar-refractivity contribution is 5.83. The summed E-state index contributed by atoms with van der Waals surface area (Å²) in [6.07, 6.45) is 4.54. The van der Waals surface area contributed by atoms with Gasteiger partial charge in [-0.1, -0.05) is 30.3 Å². The maximum Gasteiger partial charge on any atom is 0.409 e. The summed E-state index contributed by atoms with van der Waals surface area (Å²) < 4.78 is 6.76. The number of ether oxygens (including phenoxy) is 1. The Kier molecular flexibility index (Phi) is 6.98. The van der Waals surface area contributed by atoms with Crippen LogP contribution in [0.2, 0.25) is 0 Å². The number of carboxylic acids is 1. The van der Waals surface area contributed by atoms with Gasteiger partial charge in [-0.3, -0.25) is 9.36 Å². The van der Waals surface area contributed by atoms with Crippen molar-refractivity contribution in [3.05, 3.63) is 48.5 Å². The van der Waals surface area contributed by atoms with Crippen molar-refractivity contribution in [2.75, 3.05) is 5.32 Å². The fourth-order valence-corrected chi connectivity index (χ4v) is 3.93. The van der Waals surface area contributed by atoms with Crippen molar-refractivity contribution < 1.29 is 19.4 Å². The van der Waals surface area contributed by atoms with Crippen LogP contribution in [0.1, 0.15) is 43.8 Å². The molecule has 5 N–H and O–H groups in total. The van der Waals surface area contributed by atoms with E-state index in [0.29, 0.717) is 17.0 Å². The molecular weight excluding hydrogens is 426 g/mol. The summed E-state index contributed by atoms with van der Waals surface area (Å²) in [5, 5.41) is 15.4. The highest BCUT2D eigenvalue weighted by Crippen LogP contribution is 2.25. The summed E-state index contributed by atoms with van der Waals surface area (Å²) in [6.45, 7) is 0.0679. The molecule has 0 aliphatic heterocycles. The zero-order valence-corrected chi connectivity index (χ0v) is 18.1. The Labute approximate surface area is 190 Å². The van der Waals surface area contributed by atoms with Crippen LogP contribution in [-0.2, 0) is 16.1 Å². The maximum atomic E-state index is 12.4. The number of imidazole rings is 1. The van der Waals surface area contributed by atoms with Crippen molar-refractivity contribution in [3.63, 3.8) is 0 Å². The number of nitrogens with two attached hydrogens (primary N) is 1. The third kappa shape index (κ3) is 5.75. The third-order valence-corrected chi connectivity index (χ3v) is 5.67. The summed E-state index contributed by atoms with van der Waals surface area (Å²) in [6, 6.07) is 9.67. The number of amides is 1. The SMILES string of the molecule is NC1CCC(Nc2ncnc3c2ncn3C(CC(=O)O)NC(=O)OCc2ccccc2)CC1. The van der Waals surface area contributed by atoms with Crippen LogP contribution >= 0.6 is 0 Å². The van der Waals surface area contributed by atoms with Gasteiger partial charge in [-0.2, -0.15) is 0 Å². The molecule has 1 atom stereocenters. The van der Waals surface area contributed by atoms with Crippen molar-refractivity contribution in [1.82, 2.24) is 24.8 Å². The number of hydrogen-bond donors (Lipinski definition) is 4. The molecule has 1 saturated carbocycles.